The van der Waals surface area contributed by atoms with E-state index in [1.165, 1.54) is 24.4 Å². The van der Waals surface area contributed by atoms with Gasteiger partial charge in [-0.3, -0.25) is 0 Å². The van der Waals surface area contributed by atoms with Crippen molar-refractivity contribution >= 4 is 21.8 Å². The fraction of sp³-hybridized carbons (Fsp3) is 0. The first kappa shape index (κ1) is 14.2. The van der Waals surface area contributed by atoms with Gasteiger partial charge in [-0.15, -0.1) is 0 Å². The van der Waals surface area contributed by atoms with Gasteiger partial charge < -0.3 is 15.7 Å². The van der Waals surface area contributed by atoms with E-state index in [1.54, 1.807) is 0 Å². The van der Waals surface area contributed by atoms with E-state index in [4.69, 9.17) is 15.7 Å². The molecule has 1 aromatic heterocycles. The van der Waals surface area contributed by atoms with Crippen molar-refractivity contribution in [2.75, 3.05) is 0 Å². The summed E-state index contributed by atoms with van der Waals surface area (Å²) in [5, 5.41) is 11.3. The fourth-order valence-electron chi connectivity index (χ4n) is 1.37. The van der Waals surface area contributed by atoms with Gasteiger partial charge >= 0.3 is 0 Å². The zero-order valence-corrected chi connectivity index (χ0v) is 11.4. The molecule has 0 aliphatic rings. The van der Waals surface area contributed by atoms with Gasteiger partial charge in [-0.05, 0) is 18.2 Å². The van der Waals surface area contributed by atoms with Crippen LogP contribution in [0.2, 0.25) is 0 Å². The lowest BCUT2D eigenvalue weighted by Crippen LogP contribution is -2.13. The molecule has 20 heavy (non-hydrogen) atoms. The number of aromatic nitrogens is 1. The second kappa shape index (κ2) is 5.83. The number of pyridine rings is 1. The lowest BCUT2D eigenvalue weighted by atomic mass is 10.2. The molecule has 0 amide bonds. The van der Waals surface area contributed by atoms with Crippen molar-refractivity contribution in [2.24, 2.45) is 10.9 Å². The van der Waals surface area contributed by atoms with E-state index in [9.17, 15) is 8.78 Å². The molecule has 0 aliphatic carbocycles. The Bertz CT molecular complexity index is 662. The van der Waals surface area contributed by atoms with Crippen molar-refractivity contribution in [2.45, 2.75) is 0 Å². The van der Waals surface area contributed by atoms with Crippen LogP contribution in [0, 0.1) is 11.6 Å². The second-order valence-corrected chi connectivity index (χ2v) is 4.59. The first-order valence-electron chi connectivity index (χ1n) is 5.27. The molecule has 1 heterocycles. The number of hydrogen-bond acceptors (Lipinski definition) is 4. The summed E-state index contributed by atoms with van der Waals surface area (Å²) in [6.45, 7) is 0. The Morgan fingerprint density at radius 1 is 1.35 bits per heavy atom. The minimum Gasteiger partial charge on any atom is -0.436 e. The number of nitrogens with zero attached hydrogens (tertiary/aromatic N) is 2. The highest BCUT2D eigenvalue weighted by atomic mass is 79.9. The molecule has 0 saturated heterocycles. The van der Waals surface area contributed by atoms with Crippen LogP contribution in [0.1, 0.15) is 5.56 Å². The minimum atomic E-state index is -1.12. The van der Waals surface area contributed by atoms with Gasteiger partial charge in [0.25, 0.3) is 0 Å². The lowest BCUT2D eigenvalue weighted by molar-refractivity contribution is 0.318. The van der Waals surface area contributed by atoms with Gasteiger partial charge in [0.15, 0.2) is 17.4 Å². The molecule has 3 N–H and O–H groups in total. The molecule has 2 rings (SSSR count). The molecule has 8 heteroatoms. The van der Waals surface area contributed by atoms with E-state index in [0.29, 0.717) is 10.0 Å². The minimum absolute atomic E-state index is 0.0379. The molecule has 5 nitrogen and oxygen atoms in total. The smallest absolute Gasteiger partial charge is 0.219 e. The molecule has 0 atom stereocenters. The Labute approximate surface area is 120 Å². The summed E-state index contributed by atoms with van der Waals surface area (Å²) in [4.78, 5) is 3.84. The molecular formula is C12H8BrF2N3O2. The molecule has 104 valence electrons. The van der Waals surface area contributed by atoms with E-state index in [1.807, 2.05) is 0 Å². The number of oxime groups is 1. The van der Waals surface area contributed by atoms with Crippen LogP contribution in [0.5, 0.6) is 11.6 Å². The van der Waals surface area contributed by atoms with Gasteiger partial charge in [0.05, 0.1) is 0 Å². The SMILES string of the molecule is N/C(=N/O)c1ccc(Oc2cc(Br)cc(F)c2F)nc1. The summed E-state index contributed by atoms with van der Waals surface area (Å²) in [5.41, 5.74) is 5.73. The average Bonchev–Trinajstić information content (AvgIpc) is 2.44. The number of rotatable bonds is 3. The topological polar surface area (TPSA) is 80.7 Å². The van der Waals surface area contributed by atoms with Gasteiger partial charge in [-0.1, -0.05) is 21.1 Å². The van der Waals surface area contributed by atoms with Gasteiger partial charge in [-0.2, -0.15) is 4.39 Å². The third-order valence-corrected chi connectivity index (χ3v) is 2.77. The monoisotopic (exact) mass is 343 g/mol. The number of nitrogens with two attached hydrogens (primary N) is 1. The summed E-state index contributed by atoms with van der Waals surface area (Å²) in [6, 6.07) is 5.10. The Morgan fingerprint density at radius 2 is 2.10 bits per heavy atom. The Hall–Kier alpha value is -2.22. The second-order valence-electron chi connectivity index (χ2n) is 3.67. The quantitative estimate of drug-likeness (QED) is 0.295. The van der Waals surface area contributed by atoms with Gasteiger partial charge in [0, 0.05) is 22.3 Å². The highest BCUT2D eigenvalue weighted by Gasteiger charge is 2.13. The molecule has 0 unspecified atom stereocenters. The Kier molecular flexibility index (Phi) is 4.14. The first-order chi connectivity index (χ1) is 9.51. The highest BCUT2D eigenvalue weighted by Crippen LogP contribution is 2.28. The van der Waals surface area contributed by atoms with Crippen molar-refractivity contribution < 1.29 is 18.7 Å². The molecule has 0 aliphatic heterocycles. The molecule has 0 bridgehead atoms. The third-order valence-electron chi connectivity index (χ3n) is 2.31. The van der Waals surface area contributed by atoms with Crippen molar-refractivity contribution in [3.05, 3.63) is 52.1 Å². The Morgan fingerprint density at radius 3 is 2.70 bits per heavy atom. The molecule has 2 aromatic rings. The van der Waals surface area contributed by atoms with Crippen LogP contribution >= 0.6 is 15.9 Å². The summed E-state index contributed by atoms with van der Waals surface area (Å²) in [7, 11) is 0. The molecule has 0 fully saturated rings. The normalized spacial score (nSPS) is 11.4. The predicted molar refractivity (Wildman–Crippen MR) is 70.9 cm³/mol. The van der Waals surface area contributed by atoms with Gasteiger partial charge in [0.2, 0.25) is 11.7 Å². The van der Waals surface area contributed by atoms with Crippen LogP contribution in [0.25, 0.3) is 0 Å². The van der Waals surface area contributed by atoms with Crippen LogP contribution in [0.3, 0.4) is 0 Å². The number of halogens is 3. The largest absolute Gasteiger partial charge is 0.436 e. The number of ether oxygens (including phenoxy) is 1. The van der Waals surface area contributed by atoms with Crippen molar-refractivity contribution in [1.29, 1.82) is 0 Å². The summed E-state index contributed by atoms with van der Waals surface area (Å²) in [5.74, 6) is -2.54. The molecule has 1 aromatic carbocycles. The van der Waals surface area contributed by atoms with Gasteiger partial charge in [-0.25, -0.2) is 9.37 Å². The van der Waals surface area contributed by atoms with Crippen LogP contribution in [-0.2, 0) is 0 Å². The fourth-order valence-corrected chi connectivity index (χ4v) is 1.78. The van der Waals surface area contributed by atoms with Crippen molar-refractivity contribution in [3.63, 3.8) is 0 Å². The maximum atomic E-state index is 13.5. The highest BCUT2D eigenvalue weighted by molar-refractivity contribution is 9.10. The number of benzene rings is 1. The van der Waals surface area contributed by atoms with E-state index >= 15 is 0 Å². The maximum Gasteiger partial charge on any atom is 0.219 e. The lowest BCUT2D eigenvalue weighted by Gasteiger charge is -2.07. The van der Waals surface area contributed by atoms with Crippen molar-refractivity contribution in [1.82, 2.24) is 4.98 Å². The van der Waals surface area contributed by atoms with E-state index in [-0.39, 0.29) is 17.5 Å². The summed E-state index contributed by atoms with van der Waals surface area (Å²) in [6.07, 6.45) is 1.27. The zero-order chi connectivity index (χ0) is 14.7. The first-order valence-corrected chi connectivity index (χ1v) is 6.07. The van der Waals surface area contributed by atoms with Gasteiger partial charge in [0.1, 0.15) is 0 Å². The van der Waals surface area contributed by atoms with Crippen molar-refractivity contribution in [3.8, 4) is 11.6 Å². The Balaban J connectivity index is 2.27. The number of hydrogen-bond donors (Lipinski definition) is 2. The van der Waals surface area contributed by atoms with Crippen LogP contribution in [0.15, 0.2) is 40.1 Å². The van der Waals surface area contributed by atoms with E-state index < -0.39 is 11.6 Å². The molecular weight excluding hydrogens is 336 g/mol. The molecule has 0 spiro atoms. The zero-order valence-electron chi connectivity index (χ0n) is 9.85. The van der Waals surface area contributed by atoms with Crippen LogP contribution in [-0.4, -0.2) is 16.0 Å². The van der Waals surface area contributed by atoms with Crippen LogP contribution in [0.4, 0.5) is 8.78 Å². The van der Waals surface area contributed by atoms with E-state index in [0.717, 1.165) is 6.07 Å². The standard InChI is InChI=1S/C12H8BrF2N3O2/c13-7-3-8(14)11(15)9(4-7)20-10-2-1-6(5-17-10)12(16)18-19/h1-5,19H,(H2,16,18). The molecule has 0 saturated carbocycles. The molecule has 0 radical (unpaired) electrons. The van der Waals surface area contributed by atoms with E-state index in [2.05, 4.69) is 26.1 Å². The average molecular weight is 344 g/mol. The maximum absolute atomic E-state index is 13.5. The summed E-state index contributed by atoms with van der Waals surface area (Å²) < 4.78 is 32.2. The summed E-state index contributed by atoms with van der Waals surface area (Å²) >= 11 is 3.03. The number of amidine groups is 1. The predicted octanol–water partition coefficient (Wildman–Crippen LogP) is 3.01. The third kappa shape index (κ3) is 3.02. The van der Waals surface area contributed by atoms with Crippen LogP contribution < -0.4 is 10.5 Å².